The average molecular weight is 315 g/mol. The maximum absolute atomic E-state index is 12.4. The second-order valence-corrected chi connectivity index (χ2v) is 8.50. The van der Waals surface area contributed by atoms with Gasteiger partial charge in [0.2, 0.25) is 0 Å². The van der Waals surface area contributed by atoms with Crippen molar-refractivity contribution >= 4 is 6.09 Å². The standard InChI is InChI=1S/C20H29NO2/c1-19(2,3)14-15-9-11-16(12-10-15)17-8-7-13-21(17)18(22)23-20(4,5)6/h7,9-13,17H,8,14H2,1-6H3. The Balaban J connectivity index is 2.10. The summed E-state index contributed by atoms with van der Waals surface area (Å²) in [6.45, 7) is 12.4. The molecule has 0 bridgehead atoms. The molecule has 0 spiro atoms. The lowest BCUT2D eigenvalue weighted by Crippen LogP contribution is -2.34. The molecule has 1 aliphatic heterocycles. The summed E-state index contributed by atoms with van der Waals surface area (Å²) in [5.74, 6) is 0. The van der Waals surface area contributed by atoms with E-state index in [0.717, 1.165) is 18.4 Å². The molecule has 0 saturated heterocycles. The number of carbonyl (C=O) groups excluding carboxylic acids is 1. The zero-order valence-corrected chi connectivity index (χ0v) is 15.2. The van der Waals surface area contributed by atoms with Crippen molar-refractivity contribution in [3.8, 4) is 0 Å². The summed E-state index contributed by atoms with van der Waals surface area (Å²) in [4.78, 5) is 14.1. The first-order valence-corrected chi connectivity index (χ1v) is 8.32. The Kier molecular flexibility index (Phi) is 4.88. The highest BCUT2D eigenvalue weighted by molar-refractivity contribution is 5.70. The topological polar surface area (TPSA) is 29.5 Å². The van der Waals surface area contributed by atoms with E-state index in [4.69, 9.17) is 4.74 Å². The van der Waals surface area contributed by atoms with Gasteiger partial charge in [-0.1, -0.05) is 51.1 Å². The van der Waals surface area contributed by atoms with Crippen molar-refractivity contribution in [1.29, 1.82) is 0 Å². The van der Waals surface area contributed by atoms with Crippen LogP contribution in [0.3, 0.4) is 0 Å². The van der Waals surface area contributed by atoms with E-state index >= 15 is 0 Å². The van der Waals surface area contributed by atoms with Crippen LogP contribution in [0.25, 0.3) is 0 Å². The van der Waals surface area contributed by atoms with Crippen LogP contribution in [-0.4, -0.2) is 16.6 Å². The highest BCUT2D eigenvalue weighted by Gasteiger charge is 2.30. The first-order chi connectivity index (χ1) is 10.6. The van der Waals surface area contributed by atoms with Gasteiger partial charge in [-0.05, 0) is 50.2 Å². The van der Waals surface area contributed by atoms with E-state index in [1.807, 2.05) is 33.0 Å². The maximum atomic E-state index is 12.4. The second kappa shape index (κ2) is 6.38. The SMILES string of the molecule is CC(C)(C)Cc1ccc(C2CC=CN2C(=O)OC(C)(C)C)cc1. The highest BCUT2D eigenvalue weighted by Crippen LogP contribution is 2.32. The Bertz CT molecular complexity index is 573. The molecule has 0 aromatic heterocycles. The molecule has 1 unspecified atom stereocenters. The van der Waals surface area contributed by atoms with Crippen LogP contribution >= 0.6 is 0 Å². The molecule has 1 heterocycles. The molecule has 3 heteroatoms. The molecule has 0 saturated carbocycles. The Morgan fingerprint density at radius 2 is 1.74 bits per heavy atom. The summed E-state index contributed by atoms with van der Waals surface area (Å²) in [6, 6.07) is 8.65. The van der Waals surface area contributed by atoms with Crippen molar-refractivity contribution in [3.05, 3.63) is 47.7 Å². The molecule has 1 atom stereocenters. The number of amides is 1. The van der Waals surface area contributed by atoms with Crippen LogP contribution in [0.2, 0.25) is 0 Å². The summed E-state index contributed by atoms with van der Waals surface area (Å²) < 4.78 is 5.50. The molecular weight excluding hydrogens is 286 g/mol. The molecule has 3 nitrogen and oxygen atoms in total. The fourth-order valence-electron chi connectivity index (χ4n) is 2.79. The van der Waals surface area contributed by atoms with Crippen LogP contribution in [0, 0.1) is 5.41 Å². The summed E-state index contributed by atoms with van der Waals surface area (Å²) in [5.41, 5.74) is 2.28. The van der Waals surface area contributed by atoms with Gasteiger partial charge < -0.3 is 4.74 Å². The number of hydrogen-bond donors (Lipinski definition) is 0. The molecule has 23 heavy (non-hydrogen) atoms. The molecule has 0 fully saturated rings. The Labute approximate surface area is 140 Å². The largest absolute Gasteiger partial charge is 0.443 e. The third-order valence-electron chi connectivity index (χ3n) is 3.66. The molecule has 0 N–H and O–H groups in total. The van der Waals surface area contributed by atoms with Gasteiger partial charge in [0.15, 0.2) is 0 Å². The van der Waals surface area contributed by atoms with Crippen LogP contribution in [0.1, 0.15) is 65.1 Å². The van der Waals surface area contributed by atoms with Gasteiger partial charge in [0.1, 0.15) is 5.60 Å². The molecule has 1 amide bonds. The van der Waals surface area contributed by atoms with Crippen LogP contribution in [0.15, 0.2) is 36.5 Å². The molecular formula is C20H29NO2. The lowest BCUT2D eigenvalue weighted by molar-refractivity contribution is 0.0286. The lowest BCUT2D eigenvalue weighted by atomic mass is 9.87. The Hall–Kier alpha value is -1.77. The van der Waals surface area contributed by atoms with Crippen molar-refractivity contribution in [1.82, 2.24) is 4.90 Å². The van der Waals surface area contributed by atoms with Gasteiger partial charge in [0.25, 0.3) is 0 Å². The minimum atomic E-state index is -0.478. The number of carbonyl (C=O) groups is 1. The average Bonchev–Trinajstić information content (AvgIpc) is 2.85. The van der Waals surface area contributed by atoms with E-state index in [-0.39, 0.29) is 17.6 Å². The van der Waals surface area contributed by atoms with Crippen molar-refractivity contribution in [2.45, 2.75) is 66.0 Å². The minimum absolute atomic E-state index is 0.0357. The summed E-state index contributed by atoms with van der Waals surface area (Å²) in [7, 11) is 0. The summed E-state index contributed by atoms with van der Waals surface area (Å²) in [5, 5.41) is 0. The first-order valence-electron chi connectivity index (χ1n) is 8.32. The third kappa shape index (κ3) is 5.12. The summed E-state index contributed by atoms with van der Waals surface area (Å²) in [6.07, 6.45) is 5.46. The fourth-order valence-corrected chi connectivity index (χ4v) is 2.79. The van der Waals surface area contributed by atoms with Crippen molar-refractivity contribution in [2.24, 2.45) is 5.41 Å². The molecule has 1 aliphatic rings. The minimum Gasteiger partial charge on any atom is -0.443 e. The van der Waals surface area contributed by atoms with E-state index in [0.29, 0.717) is 0 Å². The van der Waals surface area contributed by atoms with Gasteiger partial charge >= 0.3 is 6.09 Å². The van der Waals surface area contributed by atoms with Gasteiger partial charge in [-0.3, -0.25) is 4.90 Å². The maximum Gasteiger partial charge on any atom is 0.414 e. The van der Waals surface area contributed by atoms with E-state index in [9.17, 15) is 4.79 Å². The van der Waals surface area contributed by atoms with E-state index < -0.39 is 5.60 Å². The number of ether oxygens (including phenoxy) is 1. The van der Waals surface area contributed by atoms with Gasteiger partial charge in [0.05, 0.1) is 6.04 Å². The van der Waals surface area contributed by atoms with Gasteiger partial charge in [0, 0.05) is 6.20 Å². The molecule has 126 valence electrons. The smallest absolute Gasteiger partial charge is 0.414 e. The normalized spacial score (nSPS) is 18.3. The van der Waals surface area contributed by atoms with Crippen LogP contribution < -0.4 is 0 Å². The highest BCUT2D eigenvalue weighted by atomic mass is 16.6. The van der Waals surface area contributed by atoms with Crippen molar-refractivity contribution in [2.75, 3.05) is 0 Å². The van der Waals surface area contributed by atoms with Crippen LogP contribution in [0.4, 0.5) is 4.79 Å². The lowest BCUT2D eigenvalue weighted by Gasteiger charge is -2.28. The Morgan fingerprint density at radius 3 is 2.26 bits per heavy atom. The van der Waals surface area contributed by atoms with Crippen LogP contribution in [0.5, 0.6) is 0 Å². The quantitative estimate of drug-likeness (QED) is 0.724. The number of nitrogens with zero attached hydrogens (tertiary/aromatic N) is 1. The van der Waals surface area contributed by atoms with Gasteiger partial charge in [-0.15, -0.1) is 0 Å². The number of rotatable bonds is 2. The van der Waals surface area contributed by atoms with Gasteiger partial charge in [-0.25, -0.2) is 4.79 Å². The third-order valence-corrected chi connectivity index (χ3v) is 3.66. The Morgan fingerprint density at radius 1 is 1.13 bits per heavy atom. The second-order valence-electron chi connectivity index (χ2n) is 8.50. The van der Waals surface area contributed by atoms with E-state index in [1.165, 1.54) is 5.56 Å². The van der Waals surface area contributed by atoms with Crippen LogP contribution in [-0.2, 0) is 11.2 Å². The van der Waals surface area contributed by atoms with Gasteiger partial charge in [-0.2, -0.15) is 0 Å². The molecule has 2 rings (SSSR count). The van der Waals surface area contributed by atoms with Crippen molar-refractivity contribution < 1.29 is 9.53 Å². The zero-order chi connectivity index (χ0) is 17.3. The predicted molar refractivity (Wildman–Crippen MR) is 94.2 cm³/mol. The first kappa shape index (κ1) is 17.6. The predicted octanol–water partition coefficient (Wildman–Crippen LogP) is 5.47. The monoisotopic (exact) mass is 315 g/mol. The fraction of sp³-hybridized carbons (Fsp3) is 0.550. The molecule has 1 aromatic rings. The van der Waals surface area contributed by atoms with E-state index in [2.05, 4.69) is 45.0 Å². The molecule has 1 aromatic carbocycles. The van der Waals surface area contributed by atoms with Crippen molar-refractivity contribution in [3.63, 3.8) is 0 Å². The summed E-state index contributed by atoms with van der Waals surface area (Å²) >= 11 is 0. The number of benzene rings is 1. The molecule has 0 aliphatic carbocycles. The van der Waals surface area contributed by atoms with E-state index in [1.54, 1.807) is 4.90 Å². The molecule has 0 radical (unpaired) electrons. The zero-order valence-electron chi connectivity index (χ0n) is 15.2. The number of hydrogen-bond acceptors (Lipinski definition) is 2.